The second-order valence-corrected chi connectivity index (χ2v) is 22.7. The molecule has 0 aliphatic heterocycles. The predicted octanol–water partition coefficient (Wildman–Crippen LogP) is 23.8. The second kappa shape index (κ2) is 68.6. The molecule has 0 spiro atoms. The molecule has 0 amide bonds. The number of esters is 3. The van der Waals surface area contributed by atoms with Crippen molar-refractivity contribution in [2.75, 3.05) is 13.2 Å². The molecule has 0 aromatic heterocycles. The molecule has 6 nitrogen and oxygen atoms in total. The van der Waals surface area contributed by atoms with Crippen molar-refractivity contribution in [2.24, 2.45) is 0 Å². The molecular formula is C75H128O6. The zero-order valence-corrected chi connectivity index (χ0v) is 53.3. The van der Waals surface area contributed by atoms with Crippen LogP contribution in [0.5, 0.6) is 0 Å². The van der Waals surface area contributed by atoms with Crippen molar-refractivity contribution < 1.29 is 28.6 Å². The molecule has 0 heterocycles. The van der Waals surface area contributed by atoms with Crippen LogP contribution in [0.25, 0.3) is 0 Å². The van der Waals surface area contributed by atoms with Crippen LogP contribution in [0, 0.1) is 0 Å². The monoisotopic (exact) mass is 1120 g/mol. The molecule has 81 heavy (non-hydrogen) atoms. The highest BCUT2D eigenvalue weighted by atomic mass is 16.6. The molecule has 464 valence electrons. The molecule has 0 radical (unpaired) electrons. The van der Waals surface area contributed by atoms with E-state index in [9.17, 15) is 14.4 Å². The zero-order chi connectivity index (χ0) is 58.5. The zero-order valence-electron chi connectivity index (χ0n) is 53.3. The van der Waals surface area contributed by atoms with Gasteiger partial charge in [0.2, 0.25) is 0 Å². The fourth-order valence-electron chi connectivity index (χ4n) is 9.66. The van der Waals surface area contributed by atoms with Crippen molar-refractivity contribution in [1.82, 2.24) is 0 Å². The normalized spacial score (nSPS) is 12.8. The van der Waals surface area contributed by atoms with Gasteiger partial charge >= 0.3 is 17.9 Å². The molecular weight excluding hydrogens is 997 g/mol. The lowest BCUT2D eigenvalue weighted by molar-refractivity contribution is -0.167. The highest BCUT2D eigenvalue weighted by molar-refractivity contribution is 5.71. The first-order valence-corrected chi connectivity index (χ1v) is 34.4. The van der Waals surface area contributed by atoms with Gasteiger partial charge in [0, 0.05) is 19.3 Å². The Morgan fingerprint density at radius 3 is 0.753 bits per heavy atom. The first kappa shape index (κ1) is 77.1. The van der Waals surface area contributed by atoms with Crippen molar-refractivity contribution in [3.63, 3.8) is 0 Å². The van der Waals surface area contributed by atoms with Gasteiger partial charge in [0.1, 0.15) is 13.2 Å². The molecule has 0 aromatic carbocycles. The van der Waals surface area contributed by atoms with E-state index in [1.165, 1.54) is 161 Å². The minimum absolute atomic E-state index is 0.0846. The van der Waals surface area contributed by atoms with E-state index in [1.807, 2.05) is 0 Å². The van der Waals surface area contributed by atoms with Crippen LogP contribution >= 0.6 is 0 Å². The van der Waals surface area contributed by atoms with E-state index in [0.29, 0.717) is 19.3 Å². The lowest BCUT2D eigenvalue weighted by atomic mass is 10.0. The molecule has 0 aliphatic rings. The Labute approximate surface area is 501 Å². The third-order valence-electron chi connectivity index (χ3n) is 14.7. The summed E-state index contributed by atoms with van der Waals surface area (Å²) in [5, 5.41) is 0. The van der Waals surface area contributed by atoms with Gasteiger partial charge in [-0.25, -0.2) is 0 Å². The predicted molar refractivity (Wildman–Crippen MR) is 353 cm³/mol. The molecule has 0 rings (SSSR count). The van der Waals surface area contributed by atoms with Gasteiger partial charge in [0.15, 0.2) is 6.10 Å². The standard InChI is InChI=1S/C75H128O6/c1-4-7-10-13-16-19-22-25-28-30-31-32-33-34-35-36-37-38-39-40-41-42-43-45-47-50-53-56-59-62-65-68-74(77)80-71-72(70-79-73(76)67-64-61-58-55-52-49-46-27-24-21-18-15-12-9-6-3)81-75(78)69-66-63-60-57-54-51-48-44-29-26-23-20-17-14-11-8-5-2/h7-8,10-11,16-21,25-29,31-32,46,72H,4-6,9,12-15,22-24,30,33-45,47-71H2,1-3H3/b10-7-,11-8-,19-16-,20-17-,21-18-,28-25-,29-26-,32-31-,46-27-. The molecule has 0 aromatic rings. The fourth-order valence-corrected chi connectivity index (χ4v) is 9.66. The molecule has 6 heteroatoms. The third kappa shape index (κ3) is 66.8. The average molecular weight is 1130 g/mol. The van der Waals surface area contributed by atoms with Crippen molar-refractivity contribution in [2.45, 2.75) is 335 Å². The largest absolute Gasteiger partial charge is 0.462 e. The Balaban J connectivity index is 4.24. The summed E-state index contributed by atoms with van der Waals surface area (Å²) in [5.41, 5.74) is 0. The Bertz CT molecular complexity index is 1620. The van der Waals surface area contributed by atoms with Crippen molar-refractivity contribution >= 4 is 17.9 Å². The van der Waals surface area contributed by atoms with Crippen LogP contribution in [0.15, 0.2) is 109 Å². The van der Waals surface area contributed by atoms with E-state index in [0.717, 1.165) is 128 Å². The third-order valence-corrected chi connectivity index (χ3v) is 14.7. The summed E-state index contributed by atoms with van der Waals surface area (Å²) in [4.78, 5) is 38.4. The lowest BCUT2D eigenvalue weighted by Gasteiger charge is -2.18. The summed E-state index contributed by atoms with van der Waals surface area (Å²) in [7, 11) is 0. The van der Waals surface area contributed by atoms with Crippen LogP contribution < -0.4 is 0 Å². The number of hydrogen-bond donors (Lipinski definition) is 0. The maximum Gasteiger partial charge on any atom is 0.306 e. The summed E-state index contributed by atoms with van der Waals surface area (Å²) in [6, 6.07) is 0. The molecule has 0 aliphatic carbocycles. The van der Waals surface area contributed by atoms with E-state index in [4.69, 9.17) is 14.2 Å². The smallest absolute Gasteiger partial charge is 0.306 e. The second-order valence-electron chi connectivity index (χ2n) is 22.7. The van der Waals surface area contributed by atoms with Crippen molar-refractivity contribution in [3.8, 4) is 0 Å². The molecule has 0 N–H and O–H groups in total. The van der Waals surface area contributed by atoms with Gasteiger partial charge in [-0.05, 0) is 122 Å². The van der Waals surface area contributed by atoms with Gasteiger partial charge in [-0.3, -0.25) is 14.4 Å². The van der Waals surface area contributed by atoms with Crippen LogP contribution in [0.3, 0.4) is 0 Å². The van der Waals surface area contributed by atoms with Gasteiger partial charge in [-0.1, -0.05) is 297 Å². The SMILES string of the molecule is CC/C=C\C/C=C\C/C=C\C/C=C\CCCCCCCCCCCCCCCCCCCCC(=O)OCC(COC(=O)CCCCCCC/C=C\C/C=C\CCCCC)OC(=O)CCCCCCCCC/C=C\C/C=C\C/C=C\CC. The summed E-state index contributed by atoms with van der Waals surface area (Å²) >= 11 is 0. The van der Waals surface area contributed by atoms with Crippen LogP contribution in [0.1, 0.15) is 329 Å². The van der Waals surface area contributed by atoms with E-state index in [-0.39, 0.29) is 31.1 Å². The summed E-state index contributed by atoms with van der Waals surface area (Å²) < 4.78 is 16.9. The average Bonchev–Trinajstić information content (AvgIpc) is 3.47. The van der Waals surface area contributed by atoms with Gasteiger partial charge < -0.3 is 14.2 Å². The van der Waals surface area contributed by atoms with Gasteiger partial charge in [0.25, 0.3) is 0 Å². The van der Waals surface area contributed by atoms with Gasteiger partial charge in [-0.15, -0.1) is 0 Å². The Morgan fingerprint density at radius 1 is 0.259 bits per heavy atom. The van der Waals surface area contributed by atoms with Gasteiger partial charge in [0.05, 0.1) is 0 Å². The molecule has 0 saturated heterocycles. The number of rotatable bonds is 62. The number of unbranched alkanes of at least 4 members (excludes halogenated alkanes) is 33. The fraction of sp³-hybridized carbons (Fsp3) is 0.720. The molecule has 1 atom stereocenters. The lowest BCUT2D eigenvalue weighted by Crippen LogP contribution is -2.30. The molecule has 0 fully saturated rings. The summed E-state index contributed by atoms with van der Waals surface area (Å²) in [6.07, 6.45) is 94.0. The number of hydrogen-bond acceptors (Lipinski definition) is 6. The van der Waals surface area contributed by atoms with Crippen molar-refractivity contribution in [1.29, 1.82) is 0 Å². The Hall–Kier alpha value is -3.93. The highest BCUT2D eigenvalue weighted by Crippen LogP contribution is 2.17. The van der Waals surface area contributed by atoms with E-state index < -0.39 is 6.10 Å². The van der Waals surface area contributed by atoms with Crippen molar-refractivity contribution in [3.05, 3.63) is 109 Å². The molecule has 0 bridgehead atoms. The summed E-state index contributed by atoms with van der Waals surface area (Å²) in [5.74, 6) is -0.896. The van der Waals surface area contributed by atoms with Crippen LogP contribution in [-0.2, 0) is 28.6 Å². The van der Waals surface area contributed by atoms with Gasteiger partial charge in [-0.2, -0.15) is 0 Å². The number of carbonyl (C=O) groups is 3. The van der Waals surface area contributed by atoms with E-state index in [1.54, 1.807) is 0 Å². The number of allylic oxidation sites excluding steroid dienone is 18. The Kier molecular flexibility index (Phi) is 65.2. The topological polar surface area (TPSA) is 78.9 Å². The van der Waals surface area contributed by atoms with E-state index in [2.05, 4.69) is 130 Å². The summed E-state index contributed by atoms with van der Waals surface area (Å²) in [6.45, 7) is 6.40. The number of ether oxygens (including phenoxy) is 3. The quantitative estimate of drug-likeness (QED) is 0.0261. The molecule has 0 saturated carbocycles. The number of carbonyl (C=O) groups excluding carboxylic acids is 3. The minimum atomic E-state index is -0.790. The highest BCUT2D eigenvalue weighted by Gasteiger charge is 2.19. The maximum atomic E-state index is 12.9. The minimum Gasteiger partial charge on any atom is -0.462 e. The first-order valence-electron chi connectivity index (χ1n) is 34.4. The Morgan fingerprint density at radius 2 is 0.481 bits per heavy atom. The first-order chi connectivity index (χ1) is 40.0. The van der Waals surface area contributed by atoms with Crippen LogP contribution in [-0.4, -0.2) is 37.2 Å². The van der Waals surface area contributed by atoms with Crippen LogP contribution in [0.4, 0.5) is 0 Å². The maximum absolute atomic E-state index is 12.9. The van der Waals surface area contributed by atoms with Crippen LogP contribution in [0.2, 0.25) is 0 Å². The van der Waals surface area contributed by atoms with E-state index >= 15 is 0 Å². The molecule has 1 unspecified atom stereocenters.